The van der Waals surface area contributed by atoms with E-state index in [-0.39, 0.29) is 12.3 Å². The molecule has 0 radical (unpaired) electrons. The monoisotopic (exact) mass is 355 g/mol. The Kier molecular flexibility index (Phi) is 5.58. The lowest BCUT2D eigenvalue weighted by Gasteiger charge is -2.04. The van der Waals surface area contributed by atoms with Crippen molar-refractivity contribution in [2.75, 3.05) is 12.4 Å². The largest absolute Gasteiger partial charge is 0.486 e. The topological polar surface area (TPSA) is 73.3 Å². The molecule has 1 aromatic carbocycles. The van der Waals surface area contributed by atoms with Crippen LogP contribution in [-0.4, -0.2) is 23.0 Å². The number of methoxy groups -OCH3 is 1. The normalized spacial score (nSPS) is 10.3. The molecule has 0 aliphatic heterocycles. The number of hydrogen-bond donors (Lipinski definition) is 1. The Labute approximate surface area is 149 Å². The quantitative estimate of drug-likeness (QED) is 0.704. The zero-order valence-electron chi connectivity index (χ0n) is 13.6. The Morgan fingerprint density at radius 2 is 2.04 bits per heavy atom. The molecule has 1 amide bonds. The lowest BCUT2D eigenvalue weighted by Crippen LogP contribution is -2.14. The van der Waals surface area contributed by atoms with Crippen molar-refractivity contribution in [1.29, 1.82) is 0 Å². The van der Waals surface area contributed by atoms with Gasteiger partial charge in [0.05, 0.1) is 31.1 Å². The van der Waals surface area contributed by atoms with Gasteiger partial charge in [-0.15, -0.1) is 11.3 Å². The highest BCUT2D eigenvalue weighted by atomic mass is 32.1. The average molecular weight is 355 g/mol. The van der Waals surface area contributed by atoms with Gasteiger partial charge in [0.15, 0.2) is 0 Å². The van der Waals surface area contributed by atoms with Crippen LogP contribution in [0, 0.1) is 0 Å². The molecule has 2 heterocycles. The third-order valence-corrected chi connectivity index (χ3v) is 4.15. The molecule has 0 unspecified atom stereocenters. The Morgan fingerprint density at radius 3 is 2.76 bits per heavy atom. The molecule has 6 nitrogen and oxygen atoms in total. The van der Waals surface area contributed by atoms with Crippen molar-refractivity contribution < 1.29 is 14.3 Å². The molecular formula is C18H17N3O3S. The maximum Gasteiger partial charge on any atom is 0.230 e. The molecule has 0 fully saturated rings. The van der Waals surface area contributed by atoms with Crippen LogP contribution in [0.3, 0.4) is 0 Å². The van der Waals surface area contributed by atoms with Crippen molar-refractivity contribution in [2.45, 2.75) is 13.0 Å². The Balaban J connectivity index is 1.50. The average Bonchev–Trinajstić information content (AvgIpc) is 3.08. The van der Waals surface area contributed by atoms with Gasteiger partial charge in [-0.1, -0.05) is 18.2 Å². The second kappa shape index (κ2) is 8.25. The summed E-state index contributed by atoms with van der Waals surface area (Å²) >= 11 is 1.48. The van der Waals surface area contributed by atoms with Gasteiger partial charge in [-0.25, -0.2) is 9.97 Å². The van der Waals surface area contributed by atoms with E-state index < -0.39 is 0 Å². The highest BCUT2D eigenvalue weighted by molar-refractivity contribution is 7.09. The zero-order chi connectivity index (χ0) is 17.5. The van der Waals surface area contributed by atoms with Gasteiger partial charge in [0.1, 0.15) is 17.4 Å². The first kappa shape index (κ1) is 16.9. The summed E-state index contributed by atoms with van der Waals surface area (Å²) in [4.78, 5) is 20.6. The summed E-state index contributed by atoms with van der Waals surface area (Å²) in [7, 11) is 1.54. The Bertz CT molecular complexity index is 819. The number of carbonyl (C=O) groups is 1. The number of aromatic nitrogens is 2. The van der Waals surface area contributed by atoms with Crippen molar-refractivity contribution in [1.82, 2.24) is 9.97 Å². The van der Waals surface area contributed by atoms with Gasteiger partial charge in [0.2, 0.25) is 11.8 Å². The van der Waals surface area contributed by atoms with Crippen LogP contribution < -0.4 is 14.8 Å². The maximum absolute atomic E-state index is 12.1. The number of ether oxygens (including phenoxy) is 2. The lowest BCUT2D eigenvalue weighted by atomic mass is 10.3. The fourth-order valence-electron chi connectivity index (χ4n) is 2.10. The molecule has 0 spiro atoms. The Hall–Kier alpha value is -2.93. The van der Waals surface area contributed by atoms with E-state index in [0.717, 1.165) is 16.5 Å². The van der Waals surface area contributed by atoms with Crippen LogP contribution >= 0.6 is 11.3 Å². The van der Waals surface area contributed by atoms with Gasteiger partial charge < -0.3 is 14.8 Å². The van der Waals surface area contributed by atoms with Gasteiger partial charge in [-0.05, 0) is 18.2 Å². The van der Waals surface area contributed by atoms with Crippen LogP contribution in [-0.2, 0) is 17.8 Å². The van der Waals surface area contributed by atoms with Crippen molar-refractivity contribution in [2.24, 2.45) is 0 Å². The molecule has 3 rings (SSSR count). The minimum absolute atomic E-state index is 0.146. The number of nitrogens with one attached hydrogen (secondary N) is 1. The molecule has 3 aromatic rings. The third kappa shape index (κ3) is 5.02. The number of rotatable bonds is 7. The first-order chi connectivity index (χ1) is 12.2. The molecule has 0 aliphatic carbocycles. The van der Waals surface area contributed by atoms with E-state index in [1.54, 1.807) is 25.4 Å². The van der Waals surface area contributed by atoms with Crippen molar-refractivity contribution in [3.63, 3.8) is 0 Å². The van der Waals surface area contributed by atoms with Gasteiger partial charge in [0, 0.05) is 11.4 Å². The van der Waals surface area contributed by atoms with Gasteiger partial charge in [-0.2, -0.15) is 0 Å². The highest BCUT2D eigenvalue weighted by Gasteiger charge is 2.09. The fourth-order valence-corrected chi connectivity index (χ4v) is 2.81. The number of para-hydroxylation sites is 1. The summed E-state index contributed by atoms with van der Waals surface area (Å²) < 4.78 is 10.6. The number of nitrogens with zero attached hydrogens (tertiary/aromatic N) is 2. The summed E-state index contributed by atoms with van der Waals surface area (Å²) in [6, 6.07) is 13.0. The standard InChI is InChI=1S/C18H17N3O3S/c1-23-17-8-7-13(10-19-17)20-16(22)9-14-12-25-18(21-14)11-24-15-5-3-2-4-6-15/h2-8,10,12H,9,11H2,1H3,(H,20,22). The number of pyridine rings is 1. The van der Waals surface area contributed by atoms with Crippen molar-refractivity contribution >= 4 is 22.9 Å². The van der Waals surface area contributed by atoms with Crippen LogP contribution in [0.15, 0.2) is 54.0 Å². The third-order valence-electron chi connectivity index (χ3n) is 3.28. The van der Waals surface area contributed by atoms with Gasteiger partial charge in [-0.3, -0.25) is 4.79 Å². The molecule has 0 atom stereocenters. The van der Waals surface area contributed by atoms with E-state index in [9.17, 15) is 4.79 Å². The Morgan fingerprint density at radius 1 is 1.20 bits per heavy atom. The zero-order valence-corrected chi connectivity index (χ0v) is 14.5. The molecule has 0 saturated heterocycles. The van der Waals surface area contributed by atoms with Crippen molar-refractivity contribution in [3.05, 3.63) is 64.7 Å². The van der Waals surface area contributed by atoms with Crippen LogP contribution in [0.25, 0.3) is 0 Å². The molecular weight excluding hydrogens is 338 g/mol. The molecule has 0 aliphatic rings. The van der Waals surface area contributed by atoms with E-state index in [1.807, 2.05) is 35.7 Å². The lowest BCUT2D eigenvalue weighted by molar-refractivity contribution is -0.115. The summed E-state index contributed by atoms with van der Waals surface area (Å²) in [5.41, 5.74) is 1.34. The highest BCUT2D eigenvalue weighted by Crippen LogP contribution is 2.16. The fraction of sp³-hybridized carbons (Fsp3) is 0.167. The van der Waals surface area contributed by atoms with Gasteiger partial charge in [0.25, 0.3) is 0 Å². The predicted octanol–water partition coefficient (Wildman–Crippen LogP) is 3.31. The summed E-state index contributed by atoms with van der Waals surface area (Å²) in [6.07, 6.45) is 1.75. The molecule has 1 N–H and O–H groups in total. The number of amides is 1. The SMILES string of the molecule is COc1ccc(NC(=O)Cc2csc(COc3ccccc3)n2)cn1. The molecule has 128 valence electrons. The smallest absolute Gasteiger partial charge is 0.230 e. The van der Waals surface area contributed by atoms with Crippen LogP contribution in [0.2, 0.25) is 0 Å². The molecule has 0 saturated carbocycles. The van der Waals surface area contributed by atoms with Crippen LogP contribution in [0.5, 0.6) is 11.6 Å². The number of thiazole rings is 1. The number of benzene rings is 1. The van der Waals surface area contributed by atoms with E-state index in [4.69, 9.17) is 9.47 Å². The maximum atomic E-state index is 12.1. The van der Waals surface area contributed by atoms with Crippen molar-refractivity contribution in [3.8, 4) is 11.6 Å². The summed E-state index contributed by atoms with van der Waals surface area (Å²) in [5.74, 6) is 1.15. The van der Waals surface area contributed by atoms with Gasteiger partial charge >= 0.3 is 0 Å². The second-order valence-corrected chi connectivity index (χ2v) is 6.09. The first-order valence-electron chi connectivity index (χ1n) is 7.64. The minimum atomic E-state index is -0.146. The van der Waals surface area contributed by atoms with E-state index >= 15 is 0 Å². The molecule has 0 bridgehead atoms. The second-order valence-electron chi connectivity index (χ2n) is 5.15. The number of anilines is 1. The molecule has 7 heteroatoms. The van der Waals surface area contributed by atoms with E-state index in [1.165, 1.54) is 11.3 Å². The number of carbonyl (C=O) groups excluding carboxylic acids is 1. The predicted molar refractivity (Wildman–Crippen MR) is 96.0 cm³/mol. The molecule has 2 aromatic heterocycles. The van der Waals surface area contributed by atoms with Crippen LogP contribution in [0.4, 0.5) is 5.69 Å². The molecule has 25 heavy (non-hydrogen) atoms. The van der Waals surface area contributed by atoms with Crippen LogP contribution in [0.1, 0.15) is 10.7 Å². The number of hydrogen-bond acceptors (Lipinski definition) is 6. The summed E-state index contributed by atoms with van der Waals surface area (Å²) in [6.45, 7) is 0.388. The summed E-state index contributed by atoms with van der Waals surface area (Å²) in [5, 5.41) is 5.49. The van der Waals surface area contributed by atoms with E-state index in [0.29, 0.717) is 18.2 Å². The van der Waals surface area contributed by atoms with E-state index in [2.05, 4.69) is 15.3 Å². The first-order valence-corrected chi connectivity index (χ1v) is 8.52. The minimum Gasteiger partial charge on any atom is -0.486 e.